The van der Waals surface area contributed by atoms with Crippen molar-refractivity contribution in [2.75, 3.05) is 31.1 Å². The topological polar surface area (TPSA) is 84.0 Å². The number of piperazine rings is 1. The van der Waals surface area contributed by atoms with E-state index >= 15 is 0 Å². The SMILES string of the molecule is Cc1cccc2ncc(C(CC(=O)N3CCN(c4ccc([N+](=O)[O-])cc4)CC3)c3cccc(C(F)(F)F)c3)n12. The Morgan fingerprint density at radius 2 is 1.72 bits per heavy atom. The van der Waals surface area contributed by atoms with Gasteiger partial charge in [0.25, 0.3) is 5.69 Å². The second-order valence-electron chi connectivity index (χ2n) is 9.57. The van der Waals surface area contributed by atoms with Crippen molar-refractivity contribution in [1.82, 2.24) is 14.3 Å². The van der Waals surface area contributed by atoms with Crippen molar-refractivity contribution >= 4 is 22.9 Å². The number of hydrogen-bond acceptors (Lipinski definition) is 5. The van der Waals surface area contributed by atoms with Gasteiger partial charge in [-0.2, -0.15) is 13.2 Å². The molecule has 2 aromatic heterocycles. The maximum absolute atomic E-state index is 13.6. The molecule has 1 unspecified atom stereocenters. The molecule has 0 N–H and O–H groups in total. The van der Waals surface area contributed by atoms with Crippen LogP contribution in [0.3, 0.4) is 0 Å². The molecular formula is C28H26F3N5O3. The molecule has 39 heavy (non-hydrogen) atoms. The van der Waals surface area contributed by atoms with Crippen LogP contribution >= 0.6 is 0 Å². The van der Waals surface area contributed by atoms with Crippen molar-refractivity contribution in [2.24, 2.45) is 0 Å². The Morgan fingerprint density at radius 3 is 2.38 bits per heavy atom. The number of halogens is 3. The van der Waals surface area contributed by atoms with E-state index in [0.29, 0.717) is 43.1 Å². The molecule has 1 aliphatic heterocycles. The van der Waals surface area contributed by atoms with Crippen LogP contribution in [0, 0.1) is 17.0 Å². The maximum atomic E-state index is 13.6. The predicted octanol–water partition coefficient (Wildman–Crippen LogP) is 5.44. The molecule has 4 aromatic rings. The lowest BCUT2D eigenvalue weighted by Crippen LogP contribution is -2.49. The molecule has 0 bridgehead atoms. The zero-order valence-electron chi connectivity index (χ0n) is 21.1. The molecule has 3 heterocycles. The number of fused-ring (bicyclic) bond motifs is 1. The molecule has 0 spiro atoms. The molecule has 1 fully saturated rings. The molecule has 1 atom stereocenters. The van der Waals surface area contributed by atoms with Crippen molar-refractivity contribution in [3.8, 4) is 0 Å². The highest BCUT2D eigenvalue weighted by atomic mass is 19.4. The quantitative estimate of drug-likeness (QED) is 0.242. The van der Waals surface area contributed by atoms with E-state index in [0.717, 1.165) is 23.5 Å². The molecule has 2 aromatic carbocycles. The van der Waals surface area contributed by atoms with Gasteiger partial charge in [-0.15, -0.1) is 0 Å². The number of pyridine rings is 1. The van der Waals surface area contributed by atoms with Gasteiger partial charge in [0.2, 0.25) is 5.91 Å². The molecule has 202 valence electrons. The molecule has 5 rings (SSSR count). The van der Waals surface area contributed by atoms with Crippen LogP contribution in [0.4, 0.5) is 24.5 Å². The summed E-state index contributed by atoms with van der Waals surface area (Å²) in [6, 6.07) is 17.0. The van der Waals surface area contributed by atoms with Gasteiger partial charge >= 0.3 is 6.18 Å². The van der Waals surface area contributed by atoms with E-state index in [1.54, 1.807) is 29.3 Å². The molecule has 1 saturated heterocycles. The number of anilines is 1. The van der Waals surface area contributed by atoms with Gasteiger partial charge < -0.3 is 14.2 Å². The fourth-order valence-electron chi connectivity index (χ4n) is 5.10. The number of aryl methyl sites for hydroxylation is 1. The van der Waals surface area contributed by atoms with Crippen LogP contribution in [0.25, 0.3) is 5.65 Å². The molecule has 11 heteroatoms. The second-order valence-corrected chi connectivity index (χ2v) is 9.57. The third-order valence-corrected chi connectivity index (χ3v) is 7.16. The standard InChI is InChI=1S/C28H26F3N5O3/c1-19-4-2-7-26-32-18-25(35(19)26)24(20-5-3-6-21(16-20)28(29,30)31)17-27(37)34-14-12-33(13-15-34)22-8-10-23(11-9-22)36(38)39/h2-11,16,18,24H,12-15,17H2,1H3. The molecular weight excluding hydrogens is 511 g/mol. The molecule has 8 nitrogen and oxygen atoms in total. The normalized spacial score (nSPS) is 15.0. The number of nitrogens with zero attached hydrogens (tertiary/aromatic N) is 5. The molecule has 1 amide bonds. The number of carbonyl (C=O) groups is 1. The van der Waals surface area contributed by atoms with E-state index < -0.39 is 22.6 Å². The smallest absolute Gasteiger partial charge is 0.368 e. The van der Waals surface area contributed by atoms with Crippen molar-refractivity contribution in [3.05, 3.63) is 106 Å². The zero-order valence-corrected chi connectivity index (χ0v) is 21.1. The highest BCUT2D eigenvalue weighted by molar-refractivity contribution is 5.78. The second kappa shape index (κ2) is 10.4. The van der Waals surface area contributed by atoms with Crippen molar-refractivity contribution in [3.63, 3.8) is 0 Å². The minimum Gasteiger partial charge on any atom is -0.368 e. The maximum Gasteiger partial charge on any atom is 0.416 e. The lowest BCUT2D eigenvalue weighted by molar-refractivity contribution is -0.384. The van der Waals surface area contributed by atoms with E-state index in [-0.39, 0.29) is 18.0 Å². The summed E-state index contributed by atoms with van der Waals surface area (Å²) in [6.45, 7) is 3.81. The summed E-state index contributed by atoms with van der Waals surface area (Å²) < 4.78 is 42.5. The summed E-state index contributed by atoms with van der Waals surface area (Å²) in [5, 5.41) is 10.9. The number of rotatable bonds is 6. The Kier molecular flexibility index (Phi) is 6.98. The summed E-state index contributed by atoms with van der Waals surface area (Å²) in [5.41, 5.74) is 2.64. The van der Waals surface area contributed by atoms with Crippen molar-refractivity contribution in [2.45, 2.75) is 25.4 Å². The molecule has 0 aliphatic carbocycles. The average molecular weight is 538 g/mol. The molecule has 0 saturated carbocycles. The van der Waals surface area contributed by atoms with Crippen LogP contribution in [0.15, 0.2) is 72.9 Å². The summed E-state index contributed by atoms with van der Waals surface area (Å²) in [4.78, 5) is 32.2. The molecule has 1 aliphatic rings. The Morgan fingerprint density at radius 1 is 1.03 bits per heavy atom. The van der Waals surface area contributed by atoms with Crippen molar-refractivity contribution in [1.29, 1.82) is 0 Å². The van der Waals surface area contributed by atoms with Crippen LogP contribution in [-0.2, 0) is 11.0 Å². The van der Waals surface area contributed by atoms with Crippen LogP contribution in [0.1, 0.15) is 34.9 Å². The number of aromatic nitrogens is 2. The van der Waals surface area contributed by atoms with Gasteiger partial charge in [0, 0.05) is 68.2 Å². The van der Waals surface area contributed by atoms with E-state index in [4.69, 9.17) is 0 Å². The predicted molar refractivity (Wildman–Crippen MR) is 140 cm³/mol. The van der Waals surface area contributed by atoms with Crippen molar-refractivity contribution < 1.29 is 22.9 Å². The fraction of sp³-hybridized carbons (Fsp3) is 0.286. The van der Waals surface area contributed by atoms with Gasteiger partial charge in [-0.1, -0.05) is 24.3 Å². The van der Waals surface area contributed by atoms with Gasteiger partial charge in [-0.3, -0.25) is 14.9 Å². The summed E-state index contributed by atoms with van der Waals surface area (Å²) in [7, 11) is 0. The first-order valence-corrected chi connectivity index (χ1v) is 12.5. The van der Waals surface area contributed by atoms with Crippen LogP contribution in [0.2, 0.25) is 0 Å². The van der Waals surface area contributed by atoms with E-state index in [1.165, 1.54) is 18.2 Å². The summed E-state index contributed by atoms with van der Waals surface area (Å²) >= 11 is 0. The van der Waals surface area contributed by atoms with Gasteiger partial charge in [0.05, 0.1) is 16.2 Å². The van der Waals surface area contributed by atoms with Gasteiger partial charge in [0.1, 0.15) is 5.65 Å². The average Bonchev–Trinajstić information content (AvgIpc) is 3.36. The summed E-state index contributed by atoms with van der Waals surface area (Å²) in [5.74, 6) is -0.798. The van der Waals surface area contributed by atoms with Gasteiger partial charge in [-0.25, -0.2) is 4.98 Å². The van der Waals surface area contributed by atoms with E-state index in [9.17, 15) is 28.1 Å². The molecule has 0 radical (unpaired) electrons. The number of carbonyl (C=O) groups excluding carboxylic acids is 1. The van der Waals surface area contributed by atoms with Crippen LogP contribution in [0.5, 0.6) is 0 Å². The Balaban J connectivity index is 1.38. The Hall–Kier alpha value is -4.41. The minimum atomic E-state index is -4.51. The third-order valence-electron chi connectivity index (χ3n) is 7.16. The first-order valence-electron chi connectivity index (χ1n) is 12.5. The van der Waals surface area contributed by atoms with Gasteiger partial charge in [0.15, 0.2) is 0 Å². The lowest BCUT2D eigenvalue weighted by atomic mass is 9.90. The monoisotopic (exact) mass is 537 g/mol. The number of amides is 1. The number of nitro groups is 1. The number of alkyl halides is 3. The number of hydrogen-bond donors (Lipinski definition) is 0. The number of nitro benzene ring substituents is 1. The fourth-order valence-corrected chi connectivity index (χ4v) is 5.10. The van der Waals surface area contributed by atoms with E-state index in [2.05, 4.69) is 4.98 Å². The highest BCUT2D eigenvalue weighted by Gasteiger charge is 2.33. The summed E-state index contributed by atoms with van der Waals surface area (Å²) in [6.07, 6.45) is -2.89. The first-order chi connectivity index (χ1) is 18.6. The Labute approximate surface area is 222 Å². The van der Waals surface area contributed by atoms with Crippen LogP contribution in [-0.4, -0.2) is 51.3 Å². The minimum absolute atomic E-state index is 0.0100. The number of non-ortho nitro benzene ring substituents is 1. The lowest BCUT2D eigenvalue weighted by Gasteiger charge is -2.36. The first kappa shape index (κ1) is 26.2. The third kappa shape index (κ3) is 5.43. The van der Waals surface area contributed by atoms with Gasteiger partial charge in [-0.05, 0) is 42.8 Å². The van der Waals surface area contributed by atoms with E-state index in [1.807, 2.05) is 34.4 Å². The zero-order chi connectivity index (χ0) is 27.7. The highest BCUT2D eigenvalue weighted by Crippen LogP contribution is 2.35. The van der Waals surface area contributed by atoms with Crippen LogP contribution < -0.4 is 4.90 Å². The largest absolute Gasteiger partial charge is 0.416 e. The number of imidazole rings is 1. The number of benzene rings is 2. The Bertz CT molecular complexity index is 1510.